The van der Waals surface area contributed by atoms with Crippen LogP contribution in [0.25, 0.3) is 0 Å². The Morgan fingerprint density at radius 3 is 1.60 bits per heavy atom. The van der Waals surface area contributed by atoms with Crippen LogP contribution in [0.4, 0.5) is 24.5 Å². The fourth-order valence-electron chi connectivity index (χ4n) is 1.85. The number of aliphatic hydroxyl groups excluding tert-OH is 1. The average Bonchev–Trinajstić information content (AvgIpc) is 2.45. The largest absolute Gasteiger partial charge is 0.416 e. The number of anilines is 2. The highest BCUT2D eigenvalue weighted by molar-refractivity contribution is 5.63. The van der Waals surface area contributed by atoms with E-state index >= 15 is 0 Å². The molecule has 0 saturated heterocycles. The Kier molecular flexibility index (Phi) is 4.29. The number of rotatable bonds is 4. The van der Waals surface area contributed by atoms with E-state index in [-0.39, 0.29) is 0 Å². The Bertz CT molecular complexity index is 488. The van der Waals surface area contributed by atoms with E-state index < -0.39 is 18.8 Å². The van der Waals surface area contributed by atoms with Gasteiger partial charge in [-0.1, -0.05) is 36.4 Å². The van der Waals surface area contributed by atoms with Gasteiger partial charge in [0.25, 0.3) is 0 Å². The van der Waals surface area contributed by atoms with E-state index in [1.54, 1.807) is 60.7 Å². The maximum Gasteiger partial charge on any atom is 0.416 e. The van der Waals surface area contributed by atoms with Crippen molar-refractivity contribution in [3.05, 3.63) is 60.7 Å². The minimum Gasteiger partial charge on any atom is -0.382 e. The molecule has 2 nitrogen and oxygen atoms in total. The lowest BCUT2D eigenvalue weighted by atomic mass is 10.2. The van der Waals surface area contributed by atoms with Gasteiger partial charge in [-0.05, 0) is 24.3 Å². The van der Waals surface area contributed by atoms with E-state index in [0.717, 1.165) is 0 Å². The molecule has 1 N–H and O–H groups in total. The number of hydrogen-bond acceptors (Lipinski definition) is 2. The van der Waals surface area contributed by atoms with Crippen LogP contribution in [0.1, 0.15) is 0 Å². The molecule has 0 bridgehead atoms. The van der Waals surface area contributed by atoms with Gasteiger partial charge in [0.05, 0.1) is 6.54 Å². The summed E-state index contributed by atoms with van der Waals surface area (Å²) in [4.78, 5) is 1.44. The first kappa shape index (κ1) is 14.4. The molecule has 2 rings (SSSR count). The summed E-state index contributed by atoms with van der Waals surface area (Å²) >= 11 is 0. The third-order valence-corrected chi connectivity index (χ3v) is 2.87. The minimum atomic E-state index is -4.64. The molecule has 2 aromatic carbocycles. The lowest BCUT2D eigenvalue weighted by molar-refractivity contribution is -0.199. The monoisotopic (exact) mass is 281 g/mol. The van der Waals surface area contributed by atoms with Crippen molar-refractivity contribution in [1.29, 1.82) is 0 Å². The summed E-state index contributed by atoms with van der Waals surface area (Å²) in [7, 11) is 0. The molecular weight excluding hydrogens is 267 g/mol. The molecule has 0 aliphatic heterocycles. The van der Waals surface area contributed by atoms with Crippen molar-refractivity contribution in [2.45, 2.75) is 12.3 Å². The molecule has 0 heterocycles. The molecule has 0 amide bonds. The summed E-state index contributed by atoms with van der Waals surface area (Å²) in [5.74, 6) is 0. The summed E-state index contributed by atoms with van der Waals surface area (Å²) in [5.41, 5.74) is 1.20. The smallest absolute Gasteiger partial charge is 0.382 e. The maximum atomic E-state index is 12.6. The van der Waals surface area contributed by atoms with Crippen LogP contribution in [0.15, 0.2) is 60.7 Å². The van der Waals surface area contributed by atoms with Crippen LogP contribution < -0.4 is 4.90 Å². The van der Waals surface area contributed by atoms with Crippen molar-refractivity contribution in [1.82, 2.24) is 0 Å². The highest BCUT2D eigenvalue weighted by Gasteiger charge is 2.39. The third-order valence-electron chi connectivity index (χ3n) is 2.87. The number of alkyl halides is 3. The van der Waals surface area contributed by atoms with Crippen molar-refractivity contribution < 1.29 is 18.3 Å². The van der Waals surface area contributed by atoms with Crippen LogP contribution in [0.3, 0.4) is 0 Å². The third kappa shape index (κ3) is 3.51. The molecule has 0 aliphatic rings. The van der Waals surface area contributed by atoms with Crippen molar-refractivity contribution >= 4 is 11.4 Å². The number of para-hydroxylation sites is 2. The van der Waals surface area contributed by atoms with Crippen molar-refractivity contribution in [3.63, 3.8) is 0 Å². The number of hydrogen-bond donors (Lipinski definition) is 1. The summed E-state index contributed by atoms with van der Waals surface area (Å²) in [6.07, 6.45) is -7.04. The van der Waals surface area contributed by atoms with Crippen LogP contribution in [0.2, 0.25) is 0 Å². The van der Waals surface area contributed by atoms with Crippen LogP contribution in [-0.4, -0.2) is 23.9 Å². The zero-order valence-corrected chi connectivity index (χ0v) is 10.6. The molecule has 5 heteroatoms. The summed E-state index contributed by atoms with van der Waals surface area (Å²) in [6, 6.07) is 17.4. The predicted octanol–water partition coefficient (Wildman–Crippen LogP) is 3.75. The van der Waals surface area contributed by atoms with Crippen molar-refractivity contribution in [2.75, 3.05) is 11.4 Å². The van der Waals surface area contributed by atoms with Crippen LogP contribution in [-0.2, 0) is 0 Å². The van der Waals surface area contributed by atoms with Gasteiger partial charge < -0.3 is 10.0 Å². The quantitative estimate of drug-likeness (QED) is 0.922. The molecule has 0 spiro atoms. The molecule has 1 atom stereocenters. The van der Waals surface area contributed by atoms with Gasteiger partial charge >= 0.3 is 6.18 Å². The second-order valence-electron chi connectivity index (χ2n) is 4.34. The first-order valence-electron chi connectivity index (χ1n) is 6.11. The molecule has 0 aromatic heterocycles. The van der Waals surface area contributed by atoms with Gasteiger partial charge in [0, 0.05) is 11.4 Å². The standard InChI is InChI=1S/C15H14F3NO/c16-15(17,18)14(20)11-19(12-7-3-1-4-8-12)13-9-5-2-6-10-13/h1-10,14,20H,11H2. The number of halogens is 3. The second-order valence-corrected chi connectivity index (χ2v) is 4.34. The molecule has 20 heavy (non-hydrogen) atoms. The van der Waals surface area contributed by atoms with Crippen LogP contribution in [0, 0.1) is 0 Å². The zero-order chi connectivity index (χ0) is 14.6. The Morgan fingerprint density at radius 2 is 1.25 bits per heavy atom. The van der Waals surface area contributed by atoms with E-state index in [4.69, 9.17) is 0 Å². The lowest BCUT2D eigenvalue weighted by Crippen LogP contribution is -2.39. The first-order chi connectivity index (χ1) is 9.48. The number of aliphatic hydroxyl groups is 1. The van der Waals surface area contributed by atoms with Crippen molar-refractivity contribution in [3.8, 4) is 0 Å². The Hall–Kier alpha value is -2.01. The Morgan fingerprint density at radius 1 is 0.850 bits per heavy atom. The maximum absolute atomic E-state index is 12.6. The van der Waals surface area contributed by atoms with E-state index in [1.807, 2.05) is 0 Å². The van der Waals surface area contributed by atoms with E-state index in [9.17, 15) is 18.3 Å². The second kappa shape index (κ2) is 5.96. The molecule has 0 radical (unpaired) electrons. The molecule has 0 fully saturated rings. The van der Waals surface area contributed by atoms with E-state index in [2.05, 4.69) is 0 Å². The van der Waals surface area contributed by atoms with E-state index in [0.29, 0.717) is 11.4 Å². The van der Waals surface area contributed by atoms with Gasteiger partial charge in [0.2, 0.25) is 0 Å². The number of nitrogens with zero attached hydrogens (tertiary/aromatic N) is 1. The Balaban J connectivity index is 2.31. The molecular formula is C15H14F3NO. The van der Waals surface area contributed by atoms with Gasteiger partial charge in [-0.15, -0.1) is 0 Å². The van der Waals surface area contributed by atoms with Crippen LogP contribution in [0.5, 0.6) is 0 Å². The van der Waals surface area contributed by atoms with Gasteiger partial charge in [-0.2, -0.15) is 13.2 Å². The highest BCUT2D eigenvalue weighted by atomic mass is 19.4. The predicted molar refractivity (Wildman–Crippen MR) is 72.0 cm³/mol. The minimum absolute atomic E-state index is 0.544. The number of benzene rings is 2. The topological polar surface area (TPSA) is 23.5 Å². The molecule has 1 unspecified atom stereocenters. The summed E-state index contributed by atoms with van der Waals surface area (Å²) in [6.45, 7) is -0.544. The normalized spacial score (nSPS) is 13.0. The van der Waals surface area contributed by atoms with Gasteiger partial charge in [-0.3, -0.25) is 0 Å². The van der Waals surface area contributed by atoms with E-state index in [1.165, 1.54) is 4.90 Å². The highest BCUT2D eigenvalue weighted by Crippen LogP contribution is 2.28. The Labute approximate surface area is 115 Å². The zero-order valence-electron chi connectivity index (χ0n) is 10.6. The summed E-state index contributed by atoms with van der Waals surface area (Å²) < 4.78 is 37.7. The van der Waals surface area contributed by atoms with Gasteiger partial charge in [0.1, 0.15) is 0 Å². The van der Waals surface area contributed by atoms with Crippen LogP contribution >= 0.6 is 0 Å². The molecule has 2 aromatic rings. The van der Waals surface area contributed by atoms with Gasteiger partial charge in [-0.25, -0.2) is 0 Å². The molecule has 0 aliphatic carbocycles. The van der Waals surface area contributed by atoms with Crippen molar-refractivity contribution in [2.24, 2.45) is 0 Å². The molecule has 0 saturated carbocycles. The average molecular weight is 281 g/mol. The lowest BCUT2D eigenvalue weighted by Gasteiger charge is -2.28. The fraction of sp³-hybridized carbons (Fsp3) is 0.200. The summed E-state index contributed by atoms with van der Waals surface area (Å²) in [5, 5.41) is 9.31. The SMILES string of the molecule is OC(CN(c1ccccc1)c1ccccc1)C(F)(F)F. The fourth-order valence-corrected chi connectivity index (χ4v) is 1.85. The first-order valence-corrected chi connectivity index (χ1v) is 6.11. The van der Waals surface area contributed by atoms with Gasteiger partial charge in [0.15, 0.2) is 6.10 Å². The molecule has 106 valence electrons.